The Bertz CT molecular complexity index is 1250. The van der Waals surface area contributed by atoms with E-state index in [1.807, 2.05) is 30.2 Å². The number of halogens is 2. The van der Waals surface area contributed by atoms with Gasteiger partial charge in [0.25, 0.3) is 5.91 Å². The molecule has 1 fully saturated rings. The van der Waals surface area contributed by atoms with Crippen LogP contribution in [0.4, 0.5) is 4.39 Å². The molecule has 1 saturated heterocycles. The van der Waals surface area contributed by atoms with Crippen molar-refractivity contribution >= 4 is 29.3 Å². The molecule has 3 amide bonds. The minimum absolute atomic E-state index is 0.0838. The highest BCUT2D eigenvalue weighted by atomic mass is 35.5. The molecule has 2 N–H and O–H groups in total. The van der Waals surface area contributed by atoms with Crippen molar-refractivity contribution in [1.29, 1.82) is 0 Å². The molecular formula is C28H38ClFN6O3. The Labute approximate surface area is 234 Å². The zero-order valence-corrected chi connectivity index (χ0v) is 24.1. The third kappa shape index (κ3) is 6.27. The molecule has 9 nitrogen and oxygen atoms in total. The number of carbonyl (C=O) groups excluding carboxylic acids is 3. The molecule has 0 bridgehead atoms. The number of piperidine rings is 1. The molecule has 0 saturated carbocycles. The largest absolute Gasteiger partial charge is 0.357 e. The molecule has 1 aromatic heterocycles. The van der Waals surface area contributed by atoms with Crippen molar-refractivity contribution in [2.75, 3.05) is 26.7 Å². The molecule has 11 heteroatoms. The van der Waals surface area contributed by atoms with Gasteiger partial charge >= 0.3 is 0 Å². The minimum Gasteiger partial charge on any atom is -0.357 e. The summed E-state index contributed by atoms with van der Waals surface area (Å²) in [4.78, 5) is 47.1. The lowest BCUT2D eigenvalue weighted by molar-refractivity contribution is -0.130. The Hall–Kier alpha value is -2.98. The number of likely N-dealkylation sites (N-methyl/N-ethyl adjacent to an activating group) is 1. The van der Waals surface area contributed by atoms with Crippen LogP contribution in [-0.2, 0) is 22.7 Å². The number of fused-ring (bicyclic) bond motifs is 1. The number of benzene rings is 1. The summed E-state index contributed by atoms with van der Waals surface area (Å²) in [6.45, 7) is 10.5. The second-order valence-electron chi connectivity index (χ2n) is 11.5. The van der Waals surface area contributed by atoms with E-state index in [1.165, 1.54) is 13.1 Å². The molecule has 39 heavy (non-hydrogen) atoms. The van der Waals surface area contributed by atoms with E-state index in [9.17, 15) is 14.4 Å². The molecule has 0 unspecified atom stereocenters. The second-order valence-corrected chi connectivity index (χ2v) is 11.9. The van der Waals surface area contributed by atoms with Crippen LogP contribution in [0.25, 0.3) is 11.4 Å². The number of hydrogen-bond donors (Lipinski definition) is 2. The monoisotopic (exact) mass is 560 g/mol. The summed E-state index contributed by atoms with van der Waals surface area (Å²) in [5.74, 6) is -0.844. The maximum Gasteiger partial charge on any atom is 0.272 e. The van der Waals surface area contributed by atoms with E-state index in [1.54, 1.807) is 19.1 Å². The van der Waals surface area contributed by atoms with Gasteiger partial charge in [-0.25, -0.2) is 9.37 Å². The van der Waals surface area contributed by atoms with Gasteiger partial charge in [0.05, 0.1) is 11.3 Å². The van der Waals surface area contributed by atoms with Crippen molar-refractivity contribution < 1.29 is 18.8 Å². The number of aromatic nitrogens is 2. The Morgan fingerprint density at radius 3 is 2.41 bits per heavy atom. The number of nitrogens with one attached hydrogen (secondary N) is 2. The van der Waals surface area contributed by atoms with Gasteiger partial charge in [-0.2, -0.15) is 0 Å². The summed E-state index contributed by atoms with van der Waals surface area (Å²) >= 11 is 6.01. The molecule has 0 spiro atoms. The molecule has 2 aliphatic rings. The predicted octanol–water partition coefficient (Wildman–Crippen LogP) is 3.45. The van der Waals surface area contributed by atoms with E-state index >= 15 is 4.39 Å². The zero-order chi connectivity index (χ0) is 28.5. The van der Waals surface area contributed by atoms with Crippen LogP contribution < -0.4 is 10.6 Å². The van der Waals surface area contributed by atoms with Gasteiger partial charge in [0.15, 0.2) is 5.69 Å². The number of rotatable bonds is 5. The first-order valence-electron chi connectivity index (χ1n) is 13.5. The minimum atomic E-state index is -0.791. The first-order valence-corrected chi connectivity index (χ1v) is 13.8. The number of carbonyl (C=O) groups is 3. The van der Waals surface area contributed by atoms with Crippen molar-refractivity contribution in [3.63, 3.8) is 0 Å². The Morgan fingerprint density at radius 2 is 1.82 bits per heavy atom. The highest BCUT2D eigenvalue weighted by molar-refractivity contribution is 6.30. The van der Waals surface area contributed by atoms with E-state index < -0.39 is 23.2 Å². The van der Waals surface area contributed by atoms with Crippen LogP contribution in [0, 0.1) is 11.2 Å². The van der Waals surface area contributed by atoms with E-state index in [0.29, 0.717) is 37.7 Å². The molecule has 2 aromatic rings. The van der Waals surface area contributed by atoms with Gasteiger partial charge in [-0.15, -0.1) is 0 Å². The maximum atomic E-state index is 15.1. The van der Waals surface area contributed by atoms with Crippen LogP contribution in [0.1, 0.15) is 63.1 Å². The highest BCUT2D eigenvalue weighted by Crippen LogP contribution is 2.31. The van der Waals surface area contributed by atoms with E-state index in [-0.39, 0.29) is 34.1 Å². The van der Waals surface area contributed by atoms with Gasteiger partial charge in [-0.3, -0.25) is 19.3 Å². The maximum absolute atomic E-state index is 15.1. The summed E-state index contributed by atoms with van der Waals surface area (Å²) in [7, 11) is 1.53. The van der Waals surface area contributed by atoms with Crippen LogP contribution in [0.15, 0.2) is 18.2 Å². The summed E-state index contributed by atoms with van der Waals surface area (Å²) in [6.07, 6.45) is 2.48. The predicted molar refractivity (Wildman–Crippen MR) is 148 cm³/mol. The van der Waals surface area contributed by atoms with Crippen LogP contribution in [0.3, 0.4) is 0 Å². The van der Waals surface area contributed by atoms with Gasteiger partial charge < -0.3 is 20.1 Å². The fraction of sp³-hybridized carbons (Fsp3) is 0.571. The van der Waals surface area contributed by atoms with Crippen LogP contribution in [0.5, 0.6) is 0 Å². The summed E-state index contributed by atoms with van der Waals surface area (Å²) in [5, 5.41) is 5.80. The van der Waals surface area contributed by atoms with Crippen molar-refractivity contribution in [2.24, 2.45) is 5.41 Å². The number of imidazole rings is 1. The summed E-state index contributed by atoms with van der Waals surface area (Å²) in [5.41, 5.74) is 0.592. The van der Waals surface area contributed by atoms with Gasteiger partial charge in [-0.1, -0.05) is 32.4 Å². The molecule has 0 radical (unpaired) electrons. The number of nitrogens with zero attached hydrogens (tertiary/aromatic N) is 4. The third-order valence-corrected chi connectivity index (χ3v) is 7.95. The quantitative estimate of drug-likeness (QED) is 0.583. The van der Waals surface area contributed by atoms with Gasteiger partial charge in [-0.05, 0) is 42.9 Å². The van der Waals surface area contributed by atoms with Crippen molar-refractivity contribution in [1.82, 2.24) is 30.0 Å². The molecular weight excluding hydrogens is 523 g/mol. The lowest BCUT2D eigenvalue weighted by Crippen LogP contribution is -2.53. The summed E-state index contributed by atoms with van der Waals surface area (Å²) < 4.78 is 17.0. The Balaban J connectivity index is 1.72. The molecule has 1 aromatic carbocycles. The van der Waals surface area contributed by atoms with E-state index in [0.717, 1.165) is 25.8 Å². The average molecular weight is 561 g/mol. The first kappa shape index (κ1) is 29.0. The topological polar surface area (TPSA) is 99.6 Å². The number of likely N-dealkylation sites (tertiary alicyclic amines) is 1. The molecule has 4 rings (SSSR count). The smallest absolute Gasteiger partial charge is 0.272 e. The molecule has 212 valence electrons. The lowest BCUT2D eigenvalue weighted by atomic mass is 9.86. The van der Waals surface area contributed by atoms with Crippen LogP contribution in [-0.4, -0.2) is 75.8 Å². The fourth-order valence-electron chi connectivity index (χ4n) is 5.53. The summed E-state index contributed by atoms with van der Waals surface area (Å²) in [6, 6.07) is 3.89. The Morgan fingerprint density at radius 1 is 1.13 bits per heavy atom. The highest BCUT2D eigenvalue weighted by Gasteiger charge is 2.36. The first-order chi connectivity index (χ1) is 18.4. The molecule has 0 aliphatic carbocycles. The standard InChI is InChI=1S/C28H38ClFN6O3/c1-17(37)34-13-9-19(10-14-34)35-11-6-12-36-22(16-35)23(26(38)33-24(27(39)31-5)28(2,3)4)32-25(36)20-8-7-18(29)15-21(20)30/h7-8,15,19,24H,6,9-14,16H2,1-5H3,(H,31,39)(H,33,38)/t24-/m1/s1. The van der Waals surface area contributed by atoms with Gasteiger partial charge in [0, 0.05) is 57.8 Å². The zero-order valence-electron chi connectivity index (χ0n) is 23.3. The second kappa shape index (κ2) is 11.6. The van der Waals surface area contributed by atoms with E-state index in [2.05, 4.69) is 20.5 Å². The normalized spacial score (nSPS) is 17.8. The SMILES string of the molecule is CNC(=O)[C@@H](NC(=O)c1nc(-c2ccc(Cl)cc2F)n2c1CN(C1CCN(C(C)=O)CC1)CCC2)C(C)(C)C. The third-order valence-electron chi connectivity index (χ3n) is 7.72. The van der Waals surface area contributed by atoms with Gasteiger partial charge in [0.2, 0.25) is 11.8 Å². The van der Waals surface area contributed by atoms with Crippen LogP contribution >= 0.6 is 11.6 Å². The fourth-order valence-corrected chi connectivity index (χ4v) is 5.68. The van der Waals surface area contributed by atoms with Crippen molar-refractivity contribution in [3.8, 4) is 11.4 Å². The van der Waals surface area contributed by atoms with E-state index in [4.69, 9.17) is 11.6 Å². The average Bonchev–Trinajstić information content (AvgIpc) is 3.08. The van der Waals surface area contributed by atoms with Gasteiger partial charge in [0.1, 0.15) is 17.7 Å². The van der Waals surface area contributed by atoms with Crippen LogP contribution in [0.2, 0.25) is 5.02 Å². The molecule has 1 atom stereocenters. The lowest BCUT2D eigenvalue weighted by Gasteiger charge is -2.37. The van der Waals surface area contributed by atoms with Crippen molar-refractivity contribution in [2.45, 2.75) is 72.1 Å². The molecule has 3 heterocycles. The van der Waals surface area contributed by atoms with Crippen molar-refractivity contribution in [3.05, 3.63) is 40.4 Å². The molecule has 2 aliphatic heterocycles. The number of amides is 3. The number of hydrogen-bond acceptors (Lipinski definition) is 5. The Kier molecular flexibility index (Phi) is 8.66.